The second-order valence-corrected chi connectivity index (χ2v) is 6.46. The molecular weight excluding hydrogens is 272 g/mol. The second kappa shape index (κ2) is 5.85. The van der Waals surface area contributed by atoms with Crippen LogP contribution in [0.4, 0.5) is 0 Å². The summed E-state index contributed by atoms with van der Waals surface area (Å²) >= 11 is 0. The number of hydrogen-bond acceptors (Lipinski definition) is 2. The molecule has 3 rings (SSSR count). The zero-order chi connectivity index (χ0) is 15.6. The van der Waals surface area contributed by atoms with Crippen molar-refractivity contribution in [3.05, 3.63) is 65.9 Å². The van der Waals surface area contributed by atoms with Crippen LogP contribution in [0.5, 0.6) is 5.75 Å². The van der Waals surface area contributed by atoms with E-state index in [1.54, 1.807) is 0 Å². The molecule has 1 aromatic heterocycles. The average Bonchev–Trinajstić information content (AvgIpc) is 2.87. The van der Waals surface area contributed by atoms with Crippen molar-refractivity contribution in [2.75, 3.05) is 0 Å². The van der Waals surface area contributed by atoms with E-state index in [0.717, 1.165) is 17.7 Å². The normalized spacial score (nSPS) is 11.8. The molecule has 0 saturated heterocycles. The molecule has 3 heteroatoms. The van der Waals surface area contributed by atoms with Gasteiger partial charge in [-0.3, -0.25) is 0 Å². The molecule has 0 aliphatic carbocycles. The predicted molar refractivity (Wildman–Crippen MR) is 91.0 cm³/mol. The summed E-state index contributed by atoms with van der Waals surface area (Å²) in [5.74, 6) is 0.882. The number of benzene rings is 2. The Morgan fingerprint density at radius 2 is 1.86 bits per heavy atom. The summed E-state index contributed by atoms with van der Waals surface area (Å²) in [4.78, 5) is 3.30. The smallest absolute Gasteiger partial charge is 0.120 e. The Kier molecular flexibility index (Phi) is 3.90. The van der Waals surface area contributed by atoms with Crippen molar-refractivity contribution in [1.82, 2.24) is 4.98 Å². The first-order valence-corrected chi connectivity index (χ1v) is 7.57. The molecule has 0 aliphatic heterocycles. The van der Waals surface area contributed by atoms with E-state index in [1.165, 1.54) is 16.5 Å². The third-order valence-corrected chi connectivity index (χ3v) is 3.63. The summed E-state index contributed by atoms with van der Waals surface area (Å²) in [6.07, 6.45) is 2.87. The van der Waals surface area contributed by atoms with Crippen LogP contribution in [0.2, 0.25) is 0 Å². The van der Waals surface area contributed by atoms with Gasteiger partial charge in [0.15, 0.2) is 0 Å². The van der Waals surface area contributed by atoms with E-state index in [9.17, 15) is 0 Å². The minimum Gasteiger partial charge on any atom is -0.489 e. The first-order valence-electron chi connectivity index (χ1n) is 7.57. The zero-order valence-electron chi connectivity index (χ0n) is 13.1. The van der Waals surface area contributed by atoms with Crippen LogP contribution in [-0.4, -0.2) is 10.5 Å². The summed E-state index contributed by atoms with van der Waals surface area (Å²) in [6, 6.07) is 16.3. The molecule has 22 heavy (non-hydrogen) atoms. The summed E-state index contributed by atoms with van der Waals surface area (Å²) in [5, 5.41) is 1.18. The molecule has 0 saturated carbocycles. The highest BCUT2D eigenvalue weighted by Gasteiger charge is 2.15. The quantitative estimate of drug-likeness (QED) is 0.746. The van der Waals surface area contributed by atoms with Crippen LogP contribution in [0.1, 0.15) is 25.0 Å². The maximum Gasteiger partial charge on any atom is 0.120 e. The van der Waals surface area contributed by atoms with E-state index in [1.807, 2.05) is 44.3 Å². The Hall–Kier alpha value is -2.26. The summed E-state index contributed by atoms with van der Waals surface area (Å²) in [5.41, 5.74) is 9.43. The maximum absolute atomic E-state index is 6.15. The minimum absolute atomic E-state index is 0.226. The Labute approximate surface area is 131 Å². The van der Waals surface area contributed by atoms with Crippen molar-refractivity contribution in [3.8, 4) is 5.75 Å². The summed E-state index contributed by atoms with van der Waals surface area (Å²) in [6.45, 7) is 4.66. The summed E-state index contributed by atoms with van der Waals surface area (Å²) < 4.78 is 5.91. The van der Waals surface area contributed by atoms with Gasteiger partial charge in [0, 0.05) is 22.6 Å². The van der Waals surface area contributed by atoms with E-state index >= 15 is 0 Å². The number of nitrogens with two attached hydrogens (primary N) is 1. The number of hydrogen-bond donors (Lipinski definition) is 2. The van der Waals surface area contributed by atoms with Gasteiger partial charge in [-0.15, -0.1) is 0 Å². The topological polar surface area (TPSA) is 51.0 Å². The van der Waals surface area contributed by atoms with Crippen molar-refractivity contribution in [3.63, 3.8) is 0 Å². The summed E-state index contributed by atoms with van der Waals surface area (Å²) in [7, 11) is 0. The van der Waals surface area contributed by atoms with Gasteiger partial charge in [-0.05, 0) is 49.6 Å². The number of rotatable bonds is 5. The standard InChI is InChI=1S/C19H22N2O/c1-19(2,20)11-15-12-21-18-9-8-16(10-17(15)18)22-13-14-6-4-3-5-7-14/h3-10,12,21H,11,13,20H2,1-2H3. The molecule has 0 radical (unpaired) electrons. The first-order chi connectivity index (χ1) is 10.5. The van der Waals surface area contributed by atoms with Gasteiger partial charge in [0.1, 0.15) is 12.4 Å². The van der Waals surface area contributed by atoms with Gasteiger partial charge < -0.3 is 15.5 Å². The van der Waals surface area contributed by atoms with Crippen LogP contribution >= 0.6 is 0 Å². The fraction of sp³-hybridized carbons (Fsp3) is 0.263. The molecule has 0 unspecified atom stereocenters. The number of ether oxygens (including phenoxy) is 1. The van der Waals surface area contributed by atoms with Gasteiger partial charge in [0.25, 0.3) is 0 Å². The van der Waals surface area contributed by atoms with Crippen molar-refractivity contribution < 1.29 is 4.74 Å². The third-order valence-electron chi connectivity index (χ3n) is 3.63. The van der Waals surface area contributed by atoms with Crippen LogP contribution in [0.15, 0.2) is 54.7 Å². The van der Waals surface area contributed by atoms with Crippen molar-refractivity contribution in [2.45, 2.75) is 32.4 Å². The zero-order valence-corrected chi connectivity index (χ0v) is 13.1. The van der Waals surface area contributed by atoms with Crippen LogP contribution in [0.3, 0.4) is 0 Å². The highest BCUT2D eigenvalue weighted by molar-refractivity contribution is 5.84. The molecule has 1 heterocycles. The molecule has 0 fully saturated rings. The number of fused-ring (bicyclic) bond motifs is 1. The number of aromatic nitrogens is 1. The lowest BCUT2D eigenvalue weighted by Crippen LogP contribution is -2.34. The fourth-order valence-electron chi connectivity index (χ4n) is 2.63. The second-order valence-electron chi connectivity index (χ2n) is 6.46. The van der Waals surface area contributed by atoms with Gasteiger partial charge in [-0.25, -0.2) is 0 Å². The van der Waals surface area contributed by atoms with E-state index in [-0.39, 0.29) is 5.54 Å². The lowest BCUT2D eigenvalue weighted by atomic mass is 9.96. The highest BCUT2D eigenvalue weighted by atomic mass is 16.5. The lowest BCUT2D eigenvalue weighted by molar-refractivity contribution is 0.306. The molecule has 0 spiro atoms. The SMILES string of the molecule is CC(C)(N)Cc1c[nH]c2ccc(OCc3ccccc3)cc12. The van der Waals surface area contributed by atoms with Gasteiger partial charge in [0.2, 0.25) is 0 Å². The Morgan fingerprint density at radius 3 is 2.59 bits per heavy atom. The number of aromatic amines is 1. The Morgan fingerprint density at radius 1 is 1.09 bits per heavy atom. The maximum atomic E-state index is 6.15. The van der Waals surface area contributed by atoms with Gasteiger partial charge in [-0.2, -0.15) is 0 Å². The largest absolute Gasteiger partial charge is 0.489 e. The molecule has 114 valence electrons. The predicted octanol–water partition coefficient (Wildman–Crippen LogP) is 4.03. The van der Waals surface area contributed by atoms with Crippen molar-refractivity contribution in [1.29, 1.82) is 0 Å². The molecule has 3 aromatic rings. The van der Waals surface area contributed by atoms with E-state index in [4.69, 9.17) is 10.5 Å². The average molecular weight is 294 g/mol. The number of H-pyrrole nitrogens is 1. The molecule has 3 nitrogen and oxygen atoms in total. The minimum atomic E-state index is -0.226. The lowest BCUT2D eigenvalue weighted by Gasteiger charge is -2.17. The Bertz CT molecular complexity index is 754. The van der Waals surface area contributed by atoms with E-state index in [2.05, 4.69) is 29.2 Å². The van der Waals surface area contributed by atoms with Crippen molar-refractivity contribution >= 4 is 10.9 Å². The van der Waals surface area contributed by atoms with Gasteiger partial charge in [0.05, 0.1) is 0 Å². The monoisotopic (exact) mass is 294 g/mol. The molecule has 2 aromatic carbocycles. The molecule has 3 N–H and O–H groups in total. The molecule has 0 atom stereocenters. The third kappa shape index (κ3) is 3.49. The highest BCUT2D eigenvalue weighted by Crippen LogP contribution is 2.26. The van der Waals surface area contributed by atoms with E-state index < -0.39 is 0 Å². The van der Waals surface area contributed by atoms with Crippen LogP contribution in [0, 0.1) is 0 Å². The van der Waals surface area contributed by atoms with Gasteiger partial charge >= 0.3 is 0 Å². The van der Waals surface area contributed by atoms with Crippen LogP contribution in [-0.2, 0) is 13.0 Å². The van der Waals surface area contributed by atoms with Crippen LogP contribution < -0.4 is 10.5 Å². The Balaban J connectivity index is 1.81. The fourth-order valence-corrected chi connectivity index (χ4v) is 2.63. The van der Waals surface area contributed by atoms with Crippen LogP contribution in [0.25, 0.3) is 10.9 Å². The first kappa shape index (κ1) is 14.7. The molecule has 0 bridgehead atoms. The molecule has 0 amide bonds. The number of nitrogens with one attached hydrogen (secondary N) is 1. The van der Waals surface area contributed by atoms with Gasteiger partial charge in [-0.1, -0.05) is 30.3 Å². The van der Waals surface area contributed by atoms with Crippen molar-refractivity contribution in [2.24, 2.45) is 5.73 Å². The molecule has 0 aliphatic rings. The van der Waals surface area contributed by atoms with E-state index in [0.29, 0.717) is 6.61 Å². The molecular formula is C19H22N2O.